The van der Waals surface area contributed by atoms with Gasteiger partial charge in [-0.2, -0.15) is 0 Å². The minimum absolute atomic E-state index is 0.107. The molecule has 2 heteroatoms. The van der Waals surface area contributed by atoms with Crippen molar-refractivity contribution >= 4 is 0 Å². The van der Waals surface area contributed by atoms with Crippen molar-refractivity contribution in [2.75, 3.05) is 6.61 Å². The predicted molar refractivity (Wildman–Crippen MR) is 83.0 cm³/mol. The van der Waals surface area contributed by atoms with Gasteiger partial charge in [0.15, 0.2) is 0 Å². The molecular weight excluding hydrogens is 248 g/mol. The quantitative estimate of drug-likeness (QED) is 0.447. The Kier molecular flexibility index (Phi) is 6.38. The van der Waals surface area contributed by atoms with Crippen LogP contribution in [0.15, 0.2) is 23.1 Å². The van der Waals surface area contributed by atoms with Crippen LogP contribution in [0, 0.1) is 0 Å². The summed E-state index contributed by atoms with van der Waals surface area (Å²) in [4.78, 5) is 0. The number of aryl methyl sites for hydroxylation is 2. The fraction of sp³-hybridized carbons (Fsp3) is 0.667. The summed E-state index contributed by atoms with van der Waals surface area (Å²) < 4.78 is 12.0. The van der Waals surface area contributed by atoms with Gasteiger partial charge in [0, 0.05) is 6.42 Å². The minimum atomic E-state index is 0.107. The molecule has 20 heavy (non-hydrogen) atoms. The van der Waals surface area contributed by atoms with Gasteiger partial charge < -0.3 is 9.15 Å². The highest BCUT2D eigenvalue weighted by Crippen LogP contribution is 2.31. The zero-order valence-corrected chi connectivity index (χ0v) is 12.8. The Morgan fingerprint density at radius 2 is 2.15 bits per heavy atom. The van der Waals surface area contributed by atoms with Gasteiger partial charge in [-0.25, -0.2) is 0 Å². The molecule has 0 aromatic carbocycles. The van der Waals surface area contributed by atoms with Gasteiger partial charge in [0.05, 0.1) is 6.61 Å². The average Bonchev–Trinajstić information content (AvgIpc) is 2.90. The third-order valence-electron chi connectivity index (χ3n) is 4.07. The van der Waals surface area contributed by atoms with Crippen LogP contribution in [0.1, 0.15) is 75.1 Å². The van der Waals surface area contributed by atoms with Crippen LogP contribution >= 0.6 is 0 Å². The van der Waals surface area contributed by atoms with Crippen molar-refractivity contribution in [1.29, 1.82) is 0 Å². The maximum atomic E-state index is 6.06. The lowest BCUT2D eigenvalue weighted by molar-refractivity contribution is 0.0481. The summed E-state index contributed by atoms with van der Waals surface area (Å²) in [7, 11) is 0. The molecule has 112 valence electrons. The van der Waals surface area contributed by atoms with Gasteiger partial charge in [-0.15, -0.1) is 6.58 Å². The molecule has 0 aliphatic heterocycles. The average molecular weight is 276 g/mol. The number of rotatable bonds is 9. The van der Waals surface area contributed by atoms with E-state index in [4.69, 9.17) is 9.15 Å². The first-order chi connectivity index (χ1) is 9.85. The number of fused-ring (bicyclic) bond motifs is 1. The van der Waals surface area contributed by atoms with Crippen LogP contribution in [0.25, 0.3) is 0 Å². The second kappa shape index (κ2) is 8.31. The molecule has 0 fully saturated rings. The second-order valence-corrected chi connectivity index (χ2v) is 5.76. The van der Waals surface area contributed by atoms with Crippen LogP contribution in [-0.2, 0) is 17.6 Å². The summed E-state index contributed by atoms with van der Waals surface area (Å²) in [5.74, 6) is 2.24. The van der Waals surface area contributed by atoms with Crippen LogP contribution in [0.2, 0.25) is 0 Å². The predicted octanol–water partition coefficient (Wildman–Crippen LogP) is 5.37. The summed E-state index contributed by atoms with van der Waals surface area (Å²) in [6.45, 7) is 6.59. The van der Waals surface area contributed by atoms with Crippen molar-refractivity contribution in [3.05, 3.63) is 35.8 Å². The molecule has 0 N–H and O–H groups in total. The molecule has 2 nitrogen and oxygen atoms in total. The van der Waals surface area contributed by atoms with Crippen LogP contribution in [0.5, 0.6) is 0 Å². The standard InChI is InChI=1S/C18H28O2/c1-3-5-6-7-12-17(19-13-4-2)18-14-15-10-8-9-11-16(15)20-18/h4,14,17H,2-3,5-13H2,1H3. The molecule has 1 aromatic heterocycles. The summed E-state index contributed by atoms with van der Waals surface area (Å²) in [5, 5.41) is 0. The van der Waals surface area contributed by atoms with Crippen molar-refractivity contribution in [2.45, 2.75) is 70.8 Å². The number of hydrogen-bond acceptors (Lipinski definition) is 2. The highest BCUT2D eigenvalue weighted by molar-refractivity contribution is 5.25. The number of hydrogen-bond donors (Lipinski definition) is 0. The molecule has 1 aliphatic rings. The molecule has 0 saturated heterocycles. The number of ether oxygens (including phenoxy) is 1. The van der Waals surface area contributed by atoms with Crippen molar-refractivity contribution in [1.82, 2.24) is 0 Å². The van der Waals surface area contributed by atoms with Crippen LogP contribution < -0.4 is 0 Å². The highest BCUT2D eigenvalue weighted by atomic mass is 16.5. The normalized spacial score (nSPS) is 15.8. The first-order valence-corrected chi connectivity index (χ1v) is 8.19. The topological polar surface area (TPSA) is 22.4 Å². The zero-order chi connectivity index (χ0) is 14.2. The molecule has 0 amide bonds. The SMILES string of the molecule is C=CCOC(CCCCCC)c1cc2c(o1)CCCC2. The molecule has 1 unspecified atom stereocenters. The molecular formula is C18H28O2. The van der Waals surface area contributed by atoms with Crippen LogP contribution in [0.3, 0.4) is 0 Å². The molecule has 1 aromatic rings. The second-order valence-electron chi connectivity index (χ2n) is 5.76. The molecule has 1 aliphatic carbocycles. The Hall–Kier alpha value is -1.02. The van der Waals surface area contributed by atoms with Crippen molar-refractivity contribution in [3.63, 3.8) is 0 Å². The molecule has 1 atom stereocenters. The van der Waals surface area contributed by atoms with Gasteiger partial charge in [0.1, 0.15) is 17.6 Å². The maximum absolute atomic E-state index is 6.06. The Labute approximate surface area is 123 Å². The Morgan fingerprint density at radius 1 is 1.30 bits per heavy atom. The van der Waals surface area contributed by atoms with Gasteiger partial charge in [-0.1, -0.05) is 38.7 Å². The van der Waals surface area contributed by atoms with Crippen molar-refractivity contribution < 1.29 is 9.15 Å². The number of unbranched alkanes of at least 4 members (excludes halogenated alkanes) is 3. The van der Waals surface area contributed by atoms with E-state index in [1.165, 1.54) is 56.3 Å². The largest absolute Gasteiger partial charge is 0.463 e. The van der Waals surface area contributed by atoms with E-state index in [-0.39, 0.29) is 6.10 Å². The third kappa shape index (κ3) is 4.24. The smallest absolute Gasteiger partial charge is 0.133 e. The maximum Gasteiger partial charge on any atom is 0.133 e. The Morgan fingerprint density at radius 3 is 2.90 bits per heavy atom. The summed E-state index contributed by atoms with van der Waals surface area (Å²) in [6, 6.07) is 2.24. The molecule has 0 bridgehead atoms. The van der Waals surface area contributed by atoms with Crippen LogP contribution in [0.4, 0.5) is 0 Å². The molecule has 1 heterocycles. The van der Waals surface area contributed by atoms with E-state index in [0.717, 1.165) is 18.6 Å². The van der Waals surface area contributed by atoms with Crippen molar-refractivity contribution in [2.24, 2.45) is 0 Å². The third-order valence-corrected chi connectivity index (χ3v) is 4.07. The van der Waals surface area contributed by atoms with Gasteiger partial charge in [-0.05, 0) is 37.3 Å². The minimum Gasteiger partial charge on any atom is -0.463 e. The lowest BCUT2D eigenvalue weighted by atomic mass is 9.98. The molecule has 2 rings (SSSR count). The van der Waals surface area contributed by atoms with E-state index < -0.39 is 0 Å². The van der Waals surface area contributed by atoms with Crippen LogP contribution in [-0.4, -0.2) is 6.61 Å². The summed E-state index contributed by atoms with van der Waals surface area (Å²) in [6.07, 6.45) is 12.9. The fourth-order valence-corrected chi connectivity index (χ4v) is 2.92. The van der Waals surface area contributed by atoms with E-state index in [1.807, 2.05) is 6.08 Å². The molecule has 0 radical (unpaired) electrons. The Balaban J connectivity index is 1.97. The van der Waals surface area contributed by atoms with E-state index in [1.54, 1.807) is 0 Å². The molecule has 0 spiro atoms. The number of furan rings is 1. The van der Waals surface area contributed by atoms with E-state index in [9.17, 15) is 0 Å². The van der Waals surface area contributed by atoms with E-state index in [0.29, 0.717) is 6.61 Å². The first kappa shape index (κ1) is 15.4. The van der Waals surface area contributed by atoms with Gasteiger partial charge in [0.2, 0.25) is 0 Å². The lowest BCUT2D eigenvalue weighted by Crippen LogP contribution is -2.04. The van der Waals surface area contributed by atoms with Gasteiger partial charge in [0.25, 0.3) is 0 Å². The van der Waals surface area contributed by atoms with Crippen molar-refractivity contribution in [3.8, 4) is 0 Å². The van der Waals surface area contributed by atoms with Gasteiger partial charge in [-0.3, -0.25) is 0 Å². The summed E-state index contributed by atoms with van der Waals surface area (Å²) in [5.41, 5.74) is 1.41. The lowest BCUT2D eigenvalue weighted by Gasteiger charge is -2.14. The van der Waals surface area contributed by atoms with Gasteiger partial charge >= 0.3 is 0 Å². The fourth-order valence-electron chi connectivity index (χ4n) is 2.92. The first-order valence-electron chi connectivity index (χ1n) is 8.19. The molecule has 0 saturated carbocycles. The summed E-state index contributed by atoms with van der Waals surface area (Å²) >= 11 is 0. The Bertz CT molecular complexity index is 382. The monoisotopic (exact) mass is 276 g/mol. The van der Waals surface area contributed by atoms with E-state index in [2.05, 4.69) is 19.6 Å². The highest BCUT2D eigenvalue weighted by Gasteiger charge is 2.21. The van der Waals surface area contributed by atoms with E-state index >= 15 is 0 Å². The zero-order valence-electron chi connectivity index (χ0n) is 12.8.